The van der Waals surface area contributed by atoms with Crippen LogP contribution < -0.4 is 15.8 Å². The Kier molecular flexibility index (Phi) is 4.78. The van der Waals surface area contributed by atoms with Crippen LogP contribution in [0, 0.1) is 0 Å². The maximum Gasteiger partial charge on any atom is 0.340 e. The zero-order chi connectivity index (χ0) is 22.6. The third-order valence-corrected chi connectivity index (χ3v) is 6.06. The van der Waals surface area contributed by atoms with Gasteiger partial charge in [0, 0.05) is 23.9 Å². The van der Waals surface area contributed by atoms with Gasteiger partial charge < -0.3 is 20.5 Å². The number of hydrogen-bond acceptors (Lipinski definition) is 8. The molecular formula is C24H27N5O3. The second kappa shape index (κ2) is 7.41. The number of cyclic esters (lactones) is 1. The molecule has 0 radical (unpaired) electrons. The maximum absolute atomic E-state index is 12.2. The number of pyridine rings is 3. The largest absolute Gasteiger partial charge is 0.474 e. The number of hydrogen-bond donors (Lipinski definition) is 2. The van der Waals surface area contributed by atoms with Gasteiger partial charge in [-0.05, 0) is 62.8 Å². The van der Waals surface area contributed by atoms with Crippen LogP contribution in [0.3, 0.4) is 0 Å². The van der Waals surface area contributed by atoms with E-state index in [1.54, 1.807) is 24.5 Å². The summed E-state index contributed by atoms with van der Waals surface area (Å²) in [4.78, 5) is 26.0. The third kappa shape index (κ3) is 3.75. The molecule has 1 aliphatic carbocycles. The first kappa shape index (κ1) is 20.6. The molecular weight excluding hydrogens is 406 g/mol. The summed E-state index contributed by atoms with van der Waals surface area (Å²) in [6.07, 6.45) is 5.66. The van der Waals surface area contributed by atoms with Crippen LogP contribution in [0.4, 0.5) is 11.6 Å². The van der Waals surface area contributed by atoms with E-state index in [1.807, 2.05) is 33.8 Å². The Hall–Kier alpha value is -3.26. The highest BCUT2D eigenvalue weighted by molar-refractivity contribution is 5.93. The van der Waals surface area contributed by atoms with E-state index in [9.17, 15) is 4.79 Å². The quantitative estimate of drug-likeness (QED) is 0.577. The second-order valence-electron chi connectivity index (χ2n) is 9.28. The van der Waals surface area contributed by atoms with Crippen LogP contribution in [0.25, 0.3) is 10.8 Å². The zero-order valence-corrected chi connectivity index (χ0v) is 18.7. The molecule has 0 bridgehead atoms. The van der Waals surface area contributed by atoms with Gasteiger partial charge in [0.2, 0.25) is 5.88 Å². The Bertz CT molecular complexity index is 1220. The van der Waals surface area contributed by atoms with E-state index in [-0.39, 0.29) is 24.1 Å². The first-order chi connectivity index (χ1) is 15.2. The molecule has 1 aliphatic heterocycles. The molecule has 0 saturated heterocycles. The molecule has 3 aromatic heterocycles. The van der Waals surface area contributed by atoms with E-state index < -0.39 is 5.54 Å². The van der Waals surface area contributed by atoms with E-state index >= 15 is 0 Å². The van der Waals surface area contributed by atoms with Crippen LogP contribution >= 0.6 is 0 Å². The van der Waals surface area contributed by atoms with Gasteiger partial charge in [-0.3, -0.25) is 0 Å². The number of anilines is 2. The van der Waals surface area contributed by atoms with E-state index in [0.717, 1.165) is 34.9 Å². The summed E-state index contributed by atoms with van der Waals surface area (Å²) in [7, 11) is 0. The summed E-state index contributed by atoms with van der Waals surface area (Å²) in [6, 6.07) is 5.45. The van der Waals surface area contributed by atoms with Crippen LogP contribution in [-0.4, -0.2) is 33.1 Å². The molecule has 32 heavy (non-hydrogen) atoms. The molecule has 2 aliphatic rings. The number of rotatable bonds is 5. The Morgan fingerprint density at radius 2 is 1.91 bits per heavy atom. The van der Waals surface area contributed by atoms with E-state index in [2.05, 4.69) is 15.3 Å². The lowest BCUT2D eigenvalue weighted by Crippen LogP contribution is -2.29. The number of esters is 1. The van der Waals surface area contributed by atoms with Gasteiger partial charge in [0.1, 0.15) is 23.8 Å². The summed E-state index contributed by atoms with van der Waals surface area (Å²) < 4.78 is 11.4. The van der Waals surface area contributed by atoms with Gasteiger partial charge in [-0.1, -0.05) is 6.92 Å². The summed E-state index contributed by atoms with van der Waals surface area (Å²) in [6.45, 7) is 7.78. The predicted octanol–water partition coefficient (Wildman–Crippen LogP) is 4.17. The van der Waals surface area contributed by atoms with Crippen molar-refractivity contribution in [1.82, 2.24) is 15.0 Å². The molecule has 3 aromatic rings. The molecule has 4 heterocycles. The van der Waals surface area contributed by atoms with Gasteiger partial charge in [-0.2, -0.15) is 0 Å². The fourth-order valence-electron chi connectivity index (χ4n) is 3.88. The molecule has 166 valence electrons. The van der Waals surface area contributed by atoms with Crippen LogP contribution in [0.5, 0.6) is 5.88 Å². The molecule has 0 amide bonds. The minimum absolute atomic E-state index is 0.00635. The standard InChI is InChI=1S/C24H27N5O3/c1-12-13(2)31-23(30)15-7-8-19(29-21(12)15)28-20-9-16-17(10-26-20)22(32-14-5-6-14)27-11-18(16)24(3,4)25/h7-14H,5-6,25H2,1-4H3,(H,26,28,29)/t12-,13-/m1/s1. The van der Waals surface area contributed by atoms with Gasteiger partial charge in [0.25, 0.3) is 0 Å². The fourth-order valence-corrected chi connectivity index (χ4v) is 3.88. The summed E-state index contributed by atoms with van der Waals surface area (Å²) in [5.74, 6) is 1.49. The van der Waals surface area contributed by atoms with Crippen molar-refractivity contribution < 1.29 is 14.3 Å². The molecule has 0 aromatic carbocycles. The van der Waals surface area contributed by atoms with Crippen LogP contribution in [0.1, 0.15) is 68.1 Å². The van der Waals surface area contributed by atoms with E-state index in [1.165, 1.54) is 0 Å². The molecule has 8 heteroatoms. The first-order valence-corrected chi connectivity index (χ1v) is 10.9. The Morgan fingerprint density at radius 1 is 1.12 bits per heavy atom. The van der Waals surface area contributed by atoms with Crippen LogP contribution in [0.2, 0.25) is 0 Å². The second-order valence-corrected chi connectivity index (χ2v) is 9.28. The molecule has 1 saturated carbocycles. The molecule has 5 rings (SSSR count). The summed E-state index contributed by atoms with van der Waals surface area (Å²) >= 11 is 0. The molecule has 0 unspecified atom stereocenters. The minimum Gasteiger partial charge on any atom is -0.474 e. The van der Waals surface area contributed by atoms with Gasteiger partial charge >= 0.3 is 5.97 Å². The van der Waals surface area contributed by atoms with Crippen molar-refractivity contribution in [3.63, 3.8) is 0 Å². The molecule has 0 spiro atoms. The number of fused-ring (bicyclic) bond motifs is 2. The van der Waals surface area contributed by atoms with Crippen LogP contribution in [0.15, 0.2) is 30.6 Å². The van der Waals surface area contributed by atoms with Crippen molar-refractivity contribution in [2.24, 2.45) is 5.73 Å². The summed E-state index contributed by atoms with van der Waals surface area (Å²) in [5.41, 5.74) is 7.99. The predicted molar refractivity (Wildman–Crippen MR) is 121 cm³/mol. The third-order valence-electron chi connectivity index (χ3n) is 6.06. The van der Waals surface area contributed by atoms with E-state index in [0.29, 0.717) is 23.1 Å². The normalized spacial score (nSPS) is 20.6. The van der Waals surface area contributed by atoms with Crippen molar-refractivity contribution in [2.75, 3.05) is 5.32 Å². The number of ether oxygens (including phenoxy) is 2. The highest BCUT2D eigenvalue weighted by Gasteiger charge is 2.31. The fraction of sp³-hybridized carbons (Fsp3) is 0.417. The topological polar surface area (TPSA) is 112 Å². The number of carbonyl (C=O) groups is 1. The van der Waals surface area contributed by atoms with Crippen molar-refractivity contribution >= 4 is 28.4 Å². The SMILES string of the molecule is C[C@H]1OC(=O)c2ccc(Nc3cc4c(C(C)(C)N)cnc(OC5CC5)c4cn3)nc2[C@@H]1C. The zero-order valence-electron chi connectivity index (χ0n) is 18.7. The van der Waals surface area contributed by atoms with Gasteiger partial charge in [-0.25, -0.2) is 19.7 Å². The lowest BCUT2D eigenvalue weighted by atomic mass is 9.93. The number of nitrogens with two attached hydrogens (primary N) is 1. The molecule has 8 nitrogen and oxygen atoms in total. The number of nitrogens with zero attached hydrogens (tertiary/aromatic N) is 3. The van der Waals surface area contributed by atoms with Gasteiger partial charge in [0.15, 0.2) is 0 Å². The van der Waals surface area contributed by atoms with Crippen molar-refractivity contribution in [2.45, 2.75) is 64.2 Å². The maximum atomic E-state index is 12.2. The monoisotopic (exact) mass is 433 g/mol. The molecule has 2 atom stereocenters. The first-order valence-electron chi connectivity index (χ1n) is 10.9. The van der Waals surface area contributed by atoms with Crippen molar-refractivity contribution in [3.05, 3.63) is 47.4 Å². The Morgan fingerprint density at radius 3 is 2.62 bits per heavy atom. The average molecular weight is 434 g/mol. The summed E-state index contributed by atoms with van der Waals surface area (Å²) in [5, 5.41) is 5.04. The molecule has 3 N–H and O–H groups in total. The van der Waals surface area contributed by atoms with Crippen molar-refractivity contribution in [1.29, 1.82) is 0 Å². The molecule has 1 fully saturated rings. The number of carbonyl (C=O) groups excluding carboxylic acids is 1. The average Bonchev–Trinajstić information content (AvgIpc) is 3.55. The van der Waals surface area contributed by atoms with Gasteiger partial charge in [-0.15, -0.1) is 0 Å². The van der Waals surface area contributed by atoms with Gasteiger partial charge in [0.05, 0.1) is 16.6 Å². The highest BCUT2D eigenvalue weighted by Crippen LogP contribution is 2.36. The van der Waals surface area contributed by atoms with E-state index in [4.69, 9.17) is 20.2 Å². The van der Waals surface area contributed by atoms with Crippen molar-refractivity contribution in [3.8, 4) is 5.88 Å². The lowest BCUT2D eigenvalue weighted by molar-refractivity contribution is 0.0235. The lowest BCUT2D eigenvalue weighted by Gasteiger charge is -2.27. The Balaban J connectivity index is 1.53. The highest BCUT2D eigenvalue weighted by atomic mass is 16.5. The van der Waals surface area contributed by atoms with Crippen LogP contribution in [-0.2, 0) is 10.3 Å². The smallest absolute Gasteiger partial charge is 0.340 e. The Labute approximate surface area is 186 Å². The number of nitrogens with one attached hydrogen (secondary N) is 1. The minimum atomic E-state index is -0.585. The number of aromatic nitrogens is 3.